The summed E-state index contributed by atoms with van der Waals surface area (Å²) in [7, 11) is 0. The minimum Gasteiger partial charge on any atom is -0.389 e. The van der Waals surface area contributed by atoms with Gasteiger partial charge in [0.1, 0.15) is 0 Å². The number of hydrogen-bond donors (Lipinski definition) is 1. The van der Waals surface area contributed by atoms with Gasteiger partial charge in [0.25, 0.3) is 5.91 Å². The largest absolute Gasteiger partial charge is 0.389 e. The molecule has 0 spiro atoms. The van der Waals surface area contributed by atoms with E-state index in [0.717, 1.165) is 0 Å². The van der Waals surface area contributed by atoms with Gasteiger partial charge in [-0.3, -0.25) is 4.79 Å². The van der Waals surface area contributed by atoms with Crippen molar-refractivity contribution >= 4 is 5.91 Å². The molecule has 2 rings (SSSR count). The summed E-state index contributed by atoms with van der Waals surface area (Å²) < 4.78 is 0. The molecule has 1 aromatic rings. The molecule has 1 fully saturated rings. The Morgan fingerprint density at radius 1 is 1.46 bits per heavy atom. The molecule has 1 aromatic carbocycles. The van der Waals surface area contributed by atoms with Crippen LogP contribution in [0.1, 0.15) is 10.4 Å². The second-order valence-electron chi connectivity index (χ2n) is 3.15. The van der Waals surface area contributed by atoms with E-state index in [1.165, 1.54) is 0 Å². The Hall–Kier alpha value is -1.35. The minimum absolute atomic E-state index is 0.0145. The Labute approximate surface area is 76.6 Å². The number of aliphatic hydroxyl groups excluding tert-OH is 1. The summed E-state index contributed by atoms with van der Waals surface area (Å²) in [6, 6.07) is 9.73. The topological polar surface area (TPSA) is 40.5 Å². The lowest BCUT2D eigenvalue weighted by molar-refractivity contribution is 0.00589. The molecule has 3 nitrogen and oxygen atoms in total. The molecule has 1 aliphatic heterocycles. The van der Waals surface area contributed by atoms with Gasteiger partial charge in [0.15, 0.2) is 0 Å². The minimum atomic E-state index is -0.334. The first-order chi connectivity index (χ1) is 6.27. The van der Waals surface area contributed by atoms with E-state index in [9.17, 15) is 4.79 Å². The molecule has 0 atom stereocenters. The van der Waals surface area contributed by atoms with Gasteiger partial charge < -0.3 is 10.0 Å². The molecular formula is C10H10NO2. The lowest BCUT2D eigenvalue weighted by Gasteiger charge is -2.35. The third kappa shape index (κ3) is 1.55. The molecule has 1 saturated heterocycles. The number of aliphatic hydroxyl groups is 1. The number of amides is 1. The predicted octanol–water partition coefficient (Wildman–Crippen LogP) is 0.303. The van der Waals surface area contributed by atoms with Gasteiger partial charge in [-0.15, -0.1) is 0 Å². The van der Waals surface area contributed by atoms with Crippen LogP contribution in [0.2, 0.25) is 0 Å². The van der Waals surface area contributed by atoms with Crippen molar-refractivity contribution in [3.63, 3.8) is 0 Å². The van der Waals surface area contributed by atoms with Gasteiger partial charge in [0.05, 0.1) is 6.10 Å². The van der Waals surface area contributed by atoms with Crippen molar-refractivity contribution in [2.75, 3.05) is 13.1 Å². The van der Waals surface area contributed by atoms with Gasteiger partial charge >= 0.3 is 0 Å². The molecule has 1 aliphatic rings. The third-order valence-corrected chi connectivity index (χ3v) is 2.11. The molecule has 0 saturated carbocycles. The van der Waals surface area contributed by atoms with Crippen molar-refractivity contribution < 1.29 is 9.90 Å². The van der Waals surface area contributed by atoms with E-state index in [1.807, 2.05) is 0 Å². The maximum Gasteiger partial charge on any atom is 0.254 e. The highest BCUT2D eigenvalue weighted by Crippen LogP contribution is 2.12. The molecule has 0 aromatic heterocycles. The van der Waals surface area contributed by atoms with Crippen LogP contribution in [0.5, 0.6) is 0 Å². The van der Waals surface area contributed by atoms with Crippen LogP contribution in [0.4, 0.5) is 0 Å². The first kappa shape index (κ1) is 8.26. The zero-order valence-corrected chi connectivity index (χ0v) is 7.10. The molecule has 0 bridgehead atoms. The van der Waals surface area contributed by atoms with Crippen molar-refractivity contribution in [3.8, 4) is 0 Å². The van der Waals surface area contributed by atoms with Crippen LogP contribution in [-0.2, 0) is 0 Å². The Morgan fingerprint density at radius 2 is 2.08 bits per heavy atom. The molecule has 3 heteroatoms. The lowest BCUT2D eigenvalue weighted by atomic mass is 10.1. The second kappa shape index (κ2) is 3.18. The summed E-state index contributed by atoms with van der Waals surface area (Å²) in [5, 5.41) is 9.01. The van der Waals surface area contributed by atoms with E-state index in [4.69, 9.17) is 5.11 Å². The van der Waals surface area contributed by atoms with Gasteiger partial charge in [0, 0.05) is 18.7 Å². The number of rotatable bonds is 1. The van der Waals surface area contributed by atoms with Gasteiger partial charge in [-0.2, -0.15) is 0 Å². The number of likely N-dealkylation sites (tertiary alicyclic amines) is 1. The Bertz CT molecular complexity index is 304. The third-order valence-electron chi connectivity index (χ3n) is 2.11. The molecule has 67 valence electrons. The average molecular weight is 176 g/mol. The van der Waals surface area contributed by atoms with Crippen LogP contribution in [0.25, 0.3) is 0 Å². The maximum absolute atomic E-state index is 11.6. The van der Waals surface area contributed by atoms with Crippen molar-refractivity contribution in [3.05, 3.63) is 35.9 Å². The zero-order chi connectivity index (χ0) is 9.26. The van der Waals surface area contributed by atoms with E-state index >= 15 is 0 Å². The molecule has 13 heavy (non-hydrogen) atoms. The van der Waals surface area contributed by atoms with E-state index in [1.54, 1.807) is 29.2 Å². The van der Waals surface area contributed by atoms with Gasteiger partial charge in [-0.05, 0) is 18.2 Å². The fourth-order valence-electron chi connectivity index (χ4n) is 1.33. The zero-order valence-electron chi connectivity index (χ0n) is 7.10. The fraction of sp³-hybridized carbons (Fsp3) is 0.300. The van der Waals surface area contributed by atoms with Crippen LogP contribution in [0.3, 0.4) is 0 Å². The number of hydrogen-bond acceptors (Lipinski definition) is 2. The number of carbonyl (C=O) groups is 1. The fourth-order valence-corrected chi connectivity index (χ4v) is 1.33. The molecule has 0 unspecified atom stereocenters. The monoisotopic (exact) mass is 176 g/mol. The molecule has 1 radical (unpaired) electrons. The quantitative estimate of drug-likeness (QED) is 0.668. The van der Waals surface area contributed by atoms with Crippen LogP contribution in [-0.4, -0.2) is 35.1 Å². The highest BCUT2D eigenvalue weighted by molar-refractivity contribution is 5.94. The maximum atomic E-state index is 11.6. The highest BCUT2D eigenvalue weighted by atomic mass is 16.3. The summed E-state index contributed by atoms with van der Waals surface area (Å²) in [4.78, 5) is 13.2. The molecule has 0 aliphatic carbocycles. The molecule has 1 heterocycles. The van der Waals surface area contributed by atoms with E-state index in [-0.39, 0.29) is 12.0 Å². The van der Waals surface area contributed by atoms with E-state index in [0.29, 0.717) is 18.7 Å². The Balaban J connectivity index is 2.06. The summed E-state index contributed by atoms with van der Waals surface area (Å²) in [5.41, 5.74) is 0.658. The molecular weight excluding hydrogens is 166 g/mol. The first-order valence-corrected chi connectivity index (χ1v) is 4.21. The predicted molar refractivity (Wildman–Crippen MR) is 47.2 cm³/mol. The SMILES string of the molecule is O=C(c1cc[c]cc1)N1CC(O)C1. The first-order valence-electron chi connectivity index (χ1n) is 4.21. The number of carbonyl (C=O) groups excluding carboxylic acids is 1. The summed E-state index contributed by atoms with van der Waals surface area (Å²) in [5.74, 6) is -0.0145. The van der Waals surface area contributed by atoms with Crippen LogP contribution >= 0.6 is 0 Å². The number of nitrogens with zero attached hydrogens (tertiary/aromatic N) is 1. The summed E-state index contributed by atoms with van der Waals surface area (Å²) >= 11 is 0. The van der Waals surface area contributed by atoms with Crippen molar-refractivity contribution in [2.24, 2.45) is 0 Å². The average Bonchev–Trinajstić information content (AvgIpc) is 2.13. The van der Waals surface area contributed by atoms with Crippen molar-refractivity contribution in [2.45, 2.75) is 6.10 Å². The van der Waals surface area contributed by atoms with Crippen molar-refractivity contribution in [1.29, 1.82) is 0 Å². The Kier molecular flexibility index (Phi) is 2.02. The smallest absolute Gasteiger partial charge is 0.254 e. The summed E-state index contributed by atoms with van der Waals surface area (Å²) in [6.45, 7) is 0.912. The van der Waals surface area contributed by atoms with Gasteiger partial charge in [-0.1, -0.05) is 12.1 Å². The lowest BCUT2D eigenvalue weighted by Crippen LogP contribution is -2.53. The normalized spacial score (nSPS) is 16.8. The van der Waals surface area contributed by atoms with E-state index in [2.05, 4.69) is 6.07 Å². The van der Waals surface area contributed by atoms with Crippen LogP contribution in [0, 0.1) is 6.07 Å². The van der Waals surface area contributed by atoms with Crippen LogP contribution < -0.4 is 0 Å². The van der Waals surface area contributed by atoms with Crippen LogP contribution in [0.15, 0.2) is 24.3 Å². The van der Waals surface area contributed by atoms with Crippen molar-refractivity contribution in [1.82, 2.24) is 4.90 Å². The van der Waals surface area contributed by atoms with Gasteiger partial charge in [0.2, 0.25) is 0 Å². The number of benzene rings is 1. The standard InChI is InChI=1S/C10H10NO2/c12-9-6-11(7-9)10(13)8-4-2-1-3-5-8/h2-5,9,12H,6-7H2. The second-order valence-corrected chi connectivity index (χ2v) is 3.15. The molecule has 1 amide bonds. The van der Waals surface area contributed by atoms with Gasteiger partial charge in [-0.25, -0.2) is 0 Å². The van der Waals surface area contributed by atoms with E-state index < -0.39 is 0 Å². The number of β-amino-alcohol motifs (C(OH)–C–C–N with tert-alkyl or cyclic N) is 1. The molecule has 1 N–H and O–H groups in total. The summed E-state index contributed by atoms with van der Waals surface area (Å²) in [6.07, 6.45) is -0.334. The highest BCUT2D eigenvalue weighted by Gasteiger charge is 2.29. The Morgan fingerprint density at radius 3 is 2.62 bits per heavy atom.